The second-order valence-corrected chi connectivity index (χ2v) is 7.46. The van der Waals surface area contributed by atoms with Crippen LogP contribution >= 0.6 is 11.6 Å². The van der Waals surface area contributed by atoms with Gasteiger partial charge in [0, 0.05) is 6.54 Å². The van der Waals surface area contributed by atoms with Gasteiger partial charge in [-0.15, -0.1) is 0 Å². The first-order chi connectivity index (χ1) is 11.6. The standard InChI is InChI=1S/C15H13ClN4O3S/c16-12-8-18-15(11-7-19-23-14(11)12)24(21,22)20-13-3-1-2-9-6-17-5-4-10(9)13/h1-3,7-8,17,20H,4-6H2. The molecule has 0 amide bonds. The largest absolute Gasteiger partial charge is 0.355 e. The van der Waals surface area contributed by atoms with Crippen molar-refractivity contribution in [2.75, 3.05) is 11.3 Å². The molecule has 2 aromatic heterocycles. The van der Waals surface area contributed by atoms with Gasteiger partial charge in [0.1, 0.15) is 5.02 Å². The van der Waals surface area contributed by atoms with Gasteiger partial charge in [0.25, 0.3) is 10.0 Å². The van der Waals surface area contributed by atoms with Crippen LogP contribution in [0.25, 0.3) is 11.0 Å². The van der Waals surface area contributed by atoms with Crippen LogP contribution in [0, 0.1) is 0 Å². The van der Waals surface area contributed by atoms with Gasteiger partial charge in [0.15, 0.2) is 10.6 Å². The van der Waals surface area contributed by atoms with Gasteiger partial charge in [-0.25, -0.2) is 4.98 Å². The van der Waals surface area contributed by atoms with Crippen LogP contribution in [0.3, 0.4) is 0 Å². The van der Waals surface area contributed by atoms with Gasteiger partial charge in [-0.05, 0) is 30.2 Å². The molecule has 0 saturated carbocycles. The minimum Gasteiger partial charge on any atom is -0.355 e. The van der Waals surface area contributed by atoms with Crippen LogP contribution < -0.4 is 10.0 Å². The first kappa shape index (κ1) is 15.4. The molecule has 7 nitrogen and oxygen atoms in total. The van der Waals surface area contributed by atoms with E-state index in [2.05, 4.69) is 20.2 Å². The van der Waals surface area contributed by atoms with E-state index in [9.17, 15) is 8.42 Å². The van der Waals surface area contributed by atoms with Gasteiger partial charge < -0.3 is 9.84 Å². The summed E-state index contributed by atoms with van der Waals surface area (Å²) in [6.07, 6.45) is 3.30. The van der Waals surface area contributed by atoms with Crippen molar-refractivity contribution in [1.29, 1.82) is 0 Å². The molecule has 1 aromatic carbocycles. The summed E-state index contributed by atoms with van der Waals surface area (Å²) < 4.78 is 33.3. The summed E-state index contributed by atoms with van der Waals surface area (Å²) in [6, 6.07) is 5.56. The second-order valence-electron chi connectivity index (χ2n) is 5.46. The van der Waals surface area contributed by atoms with Gasteiger partial charge in [-0.3, -0.25) is 4.72 Å². The average molecular weight is 365 g/mol. The average Bonchev–Trinajstić information content (AvgIpc) is 3.05. The van der Waals surface area contributed by atoms with Crippen LogP contribution in [-0.4, -0.2) is 25.1 Å². The van der Waals surface area contributed by atoms with E-state index in [1.54, 1.807) is 6.07 Å². The highest BCUT2D eigenvalue weighted by molar-refractivity contribution is 7.92. The lowest BCUT2D eigenvalue weighted by Gasteiger charge is -2.20. The molecule has 3 heterocycles. The number of aromatic nitrogens is 2. The topological polar surface area (TPSA) is 97.1 Å². The number of nitrogens with zero attached hydrogens (tertiary/aromatic N) is 2. The normalized spacial score (nSPS) is 14.5. The Morgan fingerprint density at radius 3 is 3.04 bits per heavy atom. The van der Waals surface area contributed by atoms with Crippen molar-refractivity contribution in [2.24, 2.45) is 0 Å². The molecule has 1 aliphatic heterocycles. The van der Waals surface area contributed by atoms with Gasteiger partial charge in [-0.2, -0.15) is 8.42 Å². The zero-order valence-corrected chi connectivity index (χ0v) is 14.0. The molecule has 24 heavy (non-hydrogen) atoms. The lowest BCUT2D eigenvalue weighted by atomic mass is 9.99. The molecule has 0 aliphatic carbocycles. The predicted molar refractivity (Wildman–Crippen MR) is 89.5 cm³/mol. The minimum absolute atomic E-state index is 0.158. The highest BCUT2D eigenvalue weighted by atomic mass is 35.5. The van der Waals surface area contributed by atoms with Crippen molar-refractivity contribution in [2.45, 2.75) is 18.0 Å². The van der Waals surface area contributed by atoms with Crippen LogP contribution in [0.4, 0.5) is 5.69 Å². The number of hydrogen-bond acceptors (Lipinski definition) is 6. The number of hydrogen-bond donors (Lipinski definition) is 2. The Hall–Kier alpha value is -2.16. The summed E-state index contributed by atoms with van der Waals surface area (Å²) in [7, 11) is -3.90. The molecule has 0 saturated heterocycles. The number of halogens is 1. The Kier molecular flexibility index (Phi) is 3.67. The van der Waals surface area contributed by atoms with Gasteiger partial charge in [0.2, 0.25) is 0 Å². The molecule has 124 valence electrons. The lowest BCUT2D eigenvalue weighted by Crippen LogP contribution is -2.25. The van der Waals surface area contributed by atoms with E-state index >= 15 is 0 Å². The smallest absolute Gasteiger partial charge is 0.280 e. The van der Waals surface area contributed by atoms with E-state index < -0.39 is 10.0 Å². The summed E-state index contributed by atoms with van der Waals surface area (Å²) in [6.45, 7) is 1.53. The quantitative estimate of drug-likeness (QED) is 0.740. The Balaban J connectivity index is 1.79. The van der Waals surface area contributed by atoms with Gasteiger partial charge in [0.05, 0.1) is 23.5 Å². The van der Waals surface area contributed by atoms with Crippen molar-refractivity contribution in [3.05, 3.63) is 46.7 Å². The molecular formula is C15H13ClN4O3S. The number of sulfonamides is 1. The van der Waals surface area contributed by atoms with E-state index in [1.807, 2.05) is 12.1 Å². The van der Waals surface area contributed by atoms with Crippen LogP contribution in [0.2, 0.25) is 5.02 Å². The van der Waals surface area contributed by atoms with Crippen molar-refractivity contribution in [3.63, 3.8) is 0 Å². The molecule has 0 bridgehead atoms. The first-order valence-corrected chi connectivity index (χ1v) is 9.15. The lowest BCUT2D eigenvalue weighted by molar-refractivity contribution is 0.456. The Morgan fingerprint density at radius 1 is 1.29 bits per heavy atom. The van der Waals surface area contributed by atoms with Crippen molar-refractivity contribution in [3.8, 4) is 0 Å². The number of anilines is 1. The monoisotopic (exact) mass is 364 g/mol. The first-order valence-electron chi connectivity index (χ1n) is 7.29. The van der Waals surface area contributed by atoms with Crippen molar-refractivity contribution < 1.29 is 12.9 Å². The summed E-state index contributed by atoms with van der Waals surface area (Å²) in [5.41, 5.74) is 2.85. The van der Waals surface area contributed by atoms with Crippen molar-refractivity contribution in [1.82, 2.24) is 15.5 Å². The summed E-state index contributed by atoms with van der Waals surface area (Å²) in [5.74, 6) is 0. The fraction of sp³-hybridized carbons (Fsp3) is 0.200. The molecule has 0 spiro atoms. The summed E-state index contributed by atoms with van der Waals surface area (Å²) in [5, 5.41) is 7.18. The van der Waals surface area contributed by atoms with E-state index in [0.29, 0.717) is 5.69 Å². The number of nitrogens with one attached hydrogen (secondary N) is 2. The van der Waals surface area contributed by atoms with E-state index in [4.69, 9.17) is 16.1 Å². The van der Waals surface area contributed by atoms with Crippen LogP contribution in [0.1, 0.15) is 11.1 Å². The molecule has 9 heteroatoms. The number of benzene rings is 1. The van der Waals surface area contributed by atoms with Crippen LogP contribution in [0.5, 0.6) is 0 Å². The van der Waals surface area contributed by atoms with Gasteiger partial charge in [-0.1, -0.05) is 28.9 Å². The number of pyridine rings is 1. The maximum absolute atomic E-state index is 12.8. The molecular weight excluding hydrogens is 352 g/mol. The Bertz CT molecular complexity index is 1030. The van der Waals surface area contributed by atoms with E-state index in [-0.39, 0.29) is 21.0 Å². The molecule has 3 aromatic rings. The zero-order valence-electron chi connectivity index (χ0n) is 12.4. The minimum atomic E-state index is -3.90. The van der Waals surface area contributed by atoms with Crippen LogP contribution in [-0.2, 0) is 23.0 Å². The predicted octanol–water partition coefficient (Wildman–Crippen LogP) is 2.32. The maximum atomic E-state index is 12.8. The third kappa shape index (κ3) is 2.52. The zero-order chi connectivity index (χ0) is 16.7. The number of fused-ring (bicyclic) bond motifs is 2. The number of rotatable bonds is 3. The molecule has 0 atom stereocenters. The van der Waals surface area contributed by atoms with E-state index in [0.717, 1.165) is 30.6 Å². The third-order valence-corrected chi connectivity index (χ3v) is 5.54. The summed E-state index contributed by atoms with van der Waals surface area (Å²) >= 11 is 5.96. The fourth-order valence-electron chi connectivity index (χ4n) is 2.84. The Morgan fingerprint density at radius 2 is 2.17 bits per heavy atom. The summed E-state index contributed by atoms with van der Waals surface area (Å²) in [4.78, 5) is 3.96. The molecule has 4 rings (SSSR count). The van der Waals surface area contributed by atoms with Gasteiger partial charge >= 0.3 is 0 Å². The molecule has 1 aliphatic rings. The molecule has 2 N–H and O–H groups in total. The highest BCUT2D eigenvalue weighted by Crippen LogP contribution is 2.30. The molecule has 0 radical (unpaired) electrons. The highest BCUT2D eigenvalue weighted by Gasteiger charge is 2.24. The third-order valence-electron chi connectivity index (χ3n) is 3.95. The maximum Gasteiger partial charge on any atom is 0.280 e. The second kappa shape index (κ2) is 5.73. The fourth-order valence-corrected chi connectivity index (χ4v) is 4.23. The van der Waals surface area contributed by atoms with E-state index in [1.165, 1.54) is 12.4 Å². The molecule has 0 unspecified atom stereocenters. The Labute approximate surface area is 143 Å². The SMILES string of the molecule is O=S(=O)(Nc1cccc2c1CCNC2)c1ncc(Cl)c2oncc12. The van der Waals surface area contributed by atoms with Crippen LogP contribution in [0.15, 0.2) is 40.1 Å². The molecule has 0 fully saturated rings. The van der Waals surface area contributed by atoms with Crippen molar-refractivity contribution >= 4 is 38.3 Å².